The summed E-state index contributed by atoms with van der Waals surface area (Å²) >= 11 is 1.25. The van der Waals surface area contributed by atoms with Crippen LogP contribution in [0.4, 0.5) is 5.00 Å². The van der Waals surface area contributed by atoms with Gasteiger partial charge in [0.25, 0.3) is 5.91 Å². The molecule has 25 heavy (non-hydrogen) atoms. The number of carbonyl (C=O) groups excluding carboxylic acids is 1. The van der Waals surface area contributed by atoms with E-state index < -0.39 is 10.0 Å². The minimum absolute atomic E-state index is 0.0767. The quantitative estimate of drug-likeness (QED) is 0.681. The van der Waals surface area contributed by atoms with Gasteiger partial charge in [0.15, 0.2) is 0 Å². The molecule has 1 aromatic carbocycles. The predicted octanol–water partition coefficient (Wildman–Crippen LogP) is 1.86. The molecule has 1 fully saturated rings. The molecule has 0 unspecified atom stereocenters. The van der Waals surface area contributed by atoms with Crippen molar-refractivity contribution in [3.05, 3.63) is 41.1 Å². The van der Waals surface area contributed by atoms with E-state index >= 15 is 0 Å². The molecule has 3 N–H and O–H groups in total. The van der Waals surface area contributed by atoms with Gasteiger partial charge in [-0.2, -0.15) is 4.37 Å². The van der Waals surface area contributed by atoms with Gasteiger partial charge in [0, 0.05) is 19.6 Å². The number of nitrogens with one attached hydrogen (secondary N) is 3. The first kappa shape index (κ1) is 17.8. The number of benzene rings is 1. The Morgan fingerprint density at radius 2 is 1.96 bits per heavy atom. The summed E-state index contributed by atoms with van der Waals surface area (Å²) in [4.78, 5) is 12.6. The highest BCUT2D eigenvalue weighted by Crippen LogP contribution is 2.24. The first-order chi connectivity index (χ1) is 11.9. The van der Waals surface area contributed by atoms with E-state index in [1.807, 2.05) is 0 Å². The third-order valence-electron chi connectivity index (χ3n) is 3.90. The predicted molar refractivity (Wildman–Crippen MR) is 97.4 cm³/mol. The average molecular weight is 380 g/mol. The van der Waals surface area contributed by atoms with Gasteiger partial charge in [0.05, 0.1) is 16.2 Å². The lowest BCUT2D eigenvalue weighted by Crippen LogP contribution is -2.26. The maximum Gasteiger partial charge on any atom is 0.256 e. The van der Waals surface area contributed by atoms with Gasteiger partial charge in [-0.25, -0.2) is 13.1 Å². The van der Waals surface area contributed by atoms with E-state index in [0.717, 1.165) is 23.4 Å². The molecule has 1 aromatic heterocycles. The molecule has 2 aromatic rings. The third kappa shape index (κ3) is 4.17. The number of aromatic nitrogens is 1. The molecule has 1 saturated carbocycles. The van der Waals surface area contributed by atoms with Crippen LogP contribution in [0.3, 0.4) is 0 Å². The fourth-order valence-corrected chi connectivity index (χ4v) is 4.40. The van der Waals surface area contributed by atoms with Gasteiger partial charge in [0.1, 0.15) is 5.00 Å². The topological polar surface area (TPSA) is 100 Å². The van der Waals surface area contributed by atoms with Gasteiger partial charge in [-0.3, -0.25) is 4.79 Å². The molecule has 0 aliphatic heterocycles. The second kappa shape index (κ2) is 7.11. The fourth-order valence-electron chi connectivity index (χ4n) is 2.35. The monoisotopic (exact) mass is 380 g/mol. The van der Waals surface area contributed by atoms with E-state index in [1.165, 1.54) is 11.5 Å². The van der Waals surface area contributed by atoms with Crippen LogP contribution in [0.25, 0.3) is 0 Å². The Kier molecular flexibility index (Phi) is 5.07. The molecule has 3 rings (SSSR count). The zero-order valence-corrected chi connectivity index (χ0v) is 15.6. The standard InChI is InChI=1S/C16H20N4O3S2/c1-10-14(16(17-2)24-19-10)15(21)18-9-11-3-7-13(8-4-11)25(22,23)20-12-5-6-12/h3-4,7-8,12,17,20H,5-6,9H2,1-2H3,(H,18,21). The Labute approximate surface area is 151 Å². The van der Waals surface area contributed by atoms with Crippen molar-refractivity contribution in [1.82, 2.24) is 14.4 Å². The molecule has 0 saturated heterocycles. The summed E-state index contributed by atoms with van der Waals surface area (Å²) in [5.74, 6) is -0.206. The Bertz CT molecular complexity index is 871. The zero-order chi connectivity index (χ0) is 18.0. The highest BCUT2D eigenvalue weighted by atomic mass is 32.2. The van der Waals surface area contributed by atoms with E-state index in [-0.39, 0.29) is 16.8 Å². The first-order valence-corrected chi connectivity index (χ1v) is 10.2. The lowest BCUT2D eigenvalue weighted by atomic mass is 10.2. The number of carbonyl (C=O) groups is 1. The van der Waals surface area contributed by atoms with Crippen LogP contribution in [-0.2, 0) is 16.6 Å². The normalized spacial score (nSPS) is 14.3. The molecular weight excluding hydrogens is 360 g/mol. The van der Waals surface area contributed by atoms with Crippen LogP contribution < -0.4 is 15.4 Å². The van der Waals surface area contributed by atoms with Crippen LogP contribution in [-0.4, -0.2) is 31.8 Å². The van der Waals surface area contributed by atoms with Crippen LogP contribution >= 0.6 is 11.5 Å². The highest BCUT2D eigenvalue weighted by molar-refractivity contribution is 7.89. The van der Waals surface area contributed by atoms with Gasteiger partial charge in [-0.05, 0) is 49.0 Å². The zero-order valence-electron chi connectivity index (χ0n) is 14.0. The third-order valence-corrected chi connectivity index (χ3v) is 6.40. The molecule has 1 aliphatic carbocycles. The maximum absolute atomic E-state index is 12.3. The van der Waals surface area contributed by atoms with Gasteiger partial charge >= 0.3 is 0 Å². The smallest absolute Gasteiger partial charge is 0.256 e. The molecule has 1 aliphatic rings. The van der Waals surface area contributed by atoms with Crippen molar-refractivity contribution in [1.29, 1.82) is 0 Å². The van der Waals surface area contributed by atoms with E-state index in [9.17, 15) is 13.2 Å². The largest absolute Gasteiger partial charge is 0.378 e. The first-order valence-electron chi connectivity index (χ1n) is 7.94. The summed E-state index contributed by atoms with van der Waals surface area (Å²) < 4.78 is 31.1. The average Bonchev–Trinajstić information content (AvgIpc) is 3.31. The van der Waals surface area contributed by atoms with Gasteiger partial charge in [0.2, 0.25) is 10.0 Å². The number of nitrogens with zero attached hydrogens (tertiary/aromatic N) is 1. The number of amides is 1. The molecule has 134 valence electrons. The number of sulfonamides is 1. The van der Waals surface area contributed by atoms with Crippen LogP contribution in [0.1, 0.15) is 34.5 Å². The van der Waals surface area contributed by atoms with Crippen molar-refractivity contribution in [2.45, 2.75) is 37.2 Å². The van der Waals surface area contributed by atoms with E-state index in [0.29, 0.717) is 17.8 Å². The van der Waals surface area contributed by atoms with E-state index in [2.05, 4.69) is 19.7 Å². The summed E-state index contributed by atoms with van der Waals surface area (Å²) in [7, 11) is -1.70. The van der Waals surface area contributed by atoms with Crippen LogP contribution in [0.2, 0.25) is 0 Å². The van der Waals surface area contributed by atoms with Gasteiger partial charge in [-0.15, -0.1) is 0 Å². The molecule has 7 nitrogen and oxygen atoms in total. The highest BCUT2D eigenvalue weighted by Gasteiger charge is 2.27. The lowest BCUT2D eigenvalue weighted by Gasteiger charge is -2.08. The Balaban J connectivity index is 1.63. The van der Waals surface area contributed by atoms with Crippen LogP contribution in [0.15, 0.2) is 29.2 Å². The molecule has 9 heteroatoms. The van der Waals surface area contributed by atoms with Crippen LogP contribution in [0.5, 0.6) is 0 Å². The van der Waals surface area contributed by atoms with Crippen molar-refractivity contribution in [2.24, 2.45) is 0 Å². The van der Waals surface area contributed by atoms with E-state index in [1.54, 1.807) is 38.2 Å². The molecular formula is C16H20N4O3S2. The Morgan fingerprint density at radius 3 is 2.56 bits per heavy atom. The Morgan fingerprint density at radius 1 is 1.28 bits per heavy atom. The molecule has 0 bridgehead atoms. The number of hydrogen-bond acceptors (Lipinski definition) is 6. The lowest BCUT2D eigenvalue weighted by molar-refractivity contribution is 0.0951. The minimum atomic E-state index is -3.45. The summed E-state index contributed by atoms with van der Waals surface area (Å²) in [6.07, 6.45) is 1.80. The second-order valence-corrected chi connectivity index (χ2v) is 8.43. The van der Waals surface area contributed by atoms with E-state index in [4.69, 9.17) is 0 Å². The molecule has 0 atom stereocenters. The summed E-state index contributed by atoms with van der Waals surface area (Å²) in [6.45, 7) is 2.10. The fraction of sp³-hybridized carbons (Fsp3) is 0.375. The second-order valence-electron chi connectivity index (χ2n) is 5.94. The Hall–Kier alpha value is -1.97. The van der Waals surface area contributed by atoms with Crippen molar-refractivity contribution >= 4 is 32.5 Å². The number of rotatable bonds is 7. The summed E-state index contributed by atoms with van der Waals surface area (Å²) in [6, 6.07) is 6.61. The molecule has 1 heterocycles. The van der Waals surface area contributed by atoms with Crippen molar-refractivity contribution in [3.8, 4) is 0 Å². The molecule has 0 spiro atoms. The molecule has 0 radical (unpaired) electrons. The van der Waals surface area contributed by atoms with Crippen molar-refractivity contribution < 1.29 is 13.2 Å². The number of anilines is 1. The van der Waals surface area contributed by atoms with Crippen molar-refractivity contribution in [3.63, 3.8) is 0 Å². The van der Waals surface area contributed by atoms with Crippen LogP contribution in [0, 0.1) is 6.92 Å². The van der Waals surface area contributed by atoms with Gasteiger partial charge < -0.3 is 10.6 Å². The summed E-state index contributed by atoms with van der Waals surface area (Å²) in [5, 5.41) is 6.53. The summed E-state index contributed by atoms with van der Waals surface area (Å²) in [5.41, 5.74) is 2.05. The SMILES string of the molecule is CNc1snc(C)c1C(=O)NCc1ccc(S(=O)(=O)NC2CC2)cc1. The minimum Gasteiger partial charge on any atom is -0.378 e. The number of hydrogen-bond donors (Lipinski definition) is 3. The number of aryl methyl sites for hydroxylation is 1. The van der Waals surface area contributed by atoms with Gasteiger partial charge in [-0.1, -0.05) is 12.1 Å². The molecule has 1 amide bonds. The van der Waals surface area contributed by atoms with Crippen molar-refractivity contribution in [2.75, 3.05) is 12.4 Å². The maximum atomic E-state index is 12.3.